The van der Waals surface area contributed by atoms with Gasteiger partial charge in [-0.2, -0.15) is 0 Å². The van der Waals surface area contributed by atoms with Gasteiger partial charge in [-0.05, 0) is 30.3 Å². The Kier molecular flexibility index (Phi) is 5.43. The average molecular weight is 406 g/mol. The zero-order valence-electron chi connectivity index (χ0n) is 14.0. The van der Waals surface area contributed by atoms with E-state index in [-0.39, 0.29) is 10.7 Å². The Morgan fingerprint density at radius 1 is 1.15 bits per heavy atom. The molecule has 4 amide bonds. The first-order chi connectivity index (χ1) is 12.9. The highest BCUT2D eigenvalue weighted by Crippen LogP contribution is 2.31. The number of carbonyl (C=O) groups excluding carboxylic acids is 3. The molecule has 1 aliphatic heterocycles. The first-order valence-electron chi connectivity index (χ1n) is 7.73. The van der Waals surface area contributed by atoms with E-state index in [1.807, 2.05) is 0 Å². The molecule has 1 aliphatic rings. The largest absolute Gasteiger partial charge is 0.495 e. The number of imide groups is 2. The SMILES string of the molecule is COc1ccccc1N1C(=O)NC(=O)[C@H](C=Nc2ccc(Cl)cc2Cl)C1=O. The molecule has 1 atom stereocenters. The van der Waals surface area contributed by atoms with Crippen LogP contribution < -0.4 is 15.0 Å². The number of anilines is 1. The molecule has 138 valence electrons. The van der Waals surface area contributed by atoms with Crippen molar-refractivity contribution in [1.82, 2.24) is 5.32 Å². The molecule has 0 radical (unpaired) electrons. The van der Waals surface area contributed by atoms with E-state index < -0.39 is 23.8 Å². The van der Waals surface area contributed by atoms with E-state index in [0.717, 1.165) is 11.1 Å². The van der Waals surface area contributed by atoms with Crippen LogP contribution in [0.3, 0.4) is 0 Å². The molecule has 0 aromatic heterocycles. The minimum Gasteiger partial charge on any atom is -0.495 e. The molecule has 7 nitrogen and oxygen atoms in total. The molecule has 2 aromatic rings. The second-order valence-corrected chi connectivity index (χ2v) is 6.34. The fourth-order valence-electron chi connectivity index (χ4n) is 2.51. The zero-order chi connectivity index (χ0) is 19.6. The van der Waals surface area contributed by atoms with E-state index in [4.69, 9.17) is 27.9 Å². The number of methoxy groups -OCH3 is 1. The van der Waals surface area contributed by atoms with Crippen molar-refractivity contribution < 1.29 is 19.1 Å². The Labute approximate surface area is 164 Å². The van der Waals surface area contributed by atoms with Gasteiger partial charge in [-0.3, -0.25) is 19.9 Å². The van der Waals surface area contributed by atoms with Crippen LogP contribution >= 0.6 is 23.2 Å². The molecule has 0 aliphatic carbocycles. The maximum absolute atomic E-state index is 12.8. The zero-order valence-corrected chi connectivity index (χ0v) is 15.5. The van der Waals surface area contributed by atoms with Crippen LogP contribution in [-0.2, 0) is 9.59 Å². The summed E-state index contributed by atoms with van der Waals surface area (Å²) in [7, 11) is 1.41. The number of nitrogens with one attached hydrogen (secondary N) is 1. The molecule has 2 aromatic carbocycles. The summed E-state index contributed by atoms with van der Waals surface area (Å²) in [5.41, 5.74) is 0.556. The first-order valence-corrected chi connectivity index (χ1v) is 8.49. The highest BCUT2D eigenvalue weighted by molar-refractivity contribution is 6.36. The maximum atomic E-state index is 12.8. The number of halogens is 2. The smallest absolute Gasteiger partial charge is 0.335 e. The number of urea groups is 1. The number of hydrogen-bond acceptors (Lipinski definition) is 5. The van der Waals surface area contributed by atoms with E-state index >= 15 is 0 Å². The molecule has 0 saturated carbocycles. The fourth-order valence-corrected chi connectivity index (χ4v) is 2.96. The lowest BCUT2D eigenvalue weighted by molar-refractivity contribution is -0.131. The number of amides is 4. The second kappa shape index (κ2) is 7.77. The summed E-state index contributed by atoms with van der Waals surface area (Å²) in [4.78, 5) is 42.1. The lowest BCUT2D eigenvalue weighted by Gasteiger charge is -2.29. The van der Waals surface area contributed by atoms with Crippen LogP contribution in [0.15, 0.2) is 47.5 Å². The van der Waals surface area contributed by atoms with Crippen molar-refractivity contribution in [3.05, 3.63) is 52.5 Å². The lowest BCUT2D eigenvalue weighted by Crippen LogP contribution is -2.58. The van der Waals surface area contributed by atoms with Crippen molar-refractivity contribution in [3.8, 4) is 5.75 Å². The third-order valence-corrected chi connectivity index (χ3v) is 4.34. The minimum absolute atomic E-state index is 0.220. The van der Waals surface area contributed by atoms with E-state index in [2.05, 4.69) is 10.3 Å². The van der Waals surface area contributed by atoms with Gasteiger partial charge in [0.15, 0.2) is 5.92 Å². The number of carbonyl (C=O) groups is 3. The third kappa shape index (κ3) is 3.79. The van der Waals surface area contributed by atoms with Crippen molar-refractivity contribution in [2.45, 2.75) is 0 Å². The highest BCUT2D eigenvalue weighted by atomic mass is 35.5. The summed E-state index contributed by atoms with van der Waals surface area (Å²) in [5, 5.41) is 2.84. The Morgan fingerprint density at radius 3 is 2.59 bits per heavy atom. The highest BCUT2D eigenvalue weighted by Gasteiger charge is 2.41. The summed E-state index contributed by atoms with van der Waals surface area (Å²) in [6, 6.07) is 10.2. The van der Waals surface area contributed by atoms with Gasteiger partial charge in [-0.15, -0.1) is 0 Å². The van der Waals surface area contributed by atoms with Gasteiger partial charge < -0.3 is 4.74 Å². The Morgan fingerprint density at radius 2 is 1.89 bits per heavy atom. The number of para-hydroxylation sites is 2. The van der Waals surface area contributed by atoms with E-state index in [9.17, 15) is 14.4 Å². The van der Waals surface area contributed by atoms with Gasteiger partial charge in [0.25, 0.3) is 5.91 Å². The van der Waals surface area contributed by atoms with Crippen LogP contribution in [0.25, 0.3) is 0 Å². The Hall–Kier alpha value is -2.90. The summed E-state index contributed by atoms with van der Waals surface area (Å²) in [5.74, 6) is -2.52. The van der Waals surface area contributed by atoms with Gasteiger partial charge in [0.1, 0.15) is 5.75 Å². The van der Waals surface area contributed by atoms with Gasteiger partial charge >= 0.3 is 6.03 Å². The number of nitrogens with zero attached hydrogens (tertiary/aromatic N) is 2. The lowest BCUT2D eigenvalue weighted by atomic mass is 10.1. The van der Waals surface area contributed by atoms with E-state index in [1.54, 1.807) is 30.3 Å². The average Bonchev–Trinajstić information content (AvgIpc) is 2.63. The number of barbiturate groups is 1. The van der Waals surface area contributed by atoms with Gasteiger partial charge in [-0.25, -0.2) is 9.69 Å². The van der Waals surface area contributed by atoms with Crippen molar-refractivity contribution in [2.75, 3.05) is 12.0 Å². The summed E-state index contributed by atoms with van der Waals surface area (Å²) in [6.07, 6.45) is 1.14. The molecule has 3 rings (SSSR count). The number of rotatable bonds is 4. The van der Waals surface area contributed by atoms with E-state index in [1.165, 1.54) is 19.2 Å². The van der Waals surface area contributed by atoms with Gasteiger partial charge in [-0.1, -0.05) is 35.3 Å². The second-order valence-electron chi connectivity index (χ2n) is 5.49. The fraction of sp³-hybridized carbons (Fsp3) is 0.111. The molecule has 0 bridgehead atoms. The number of aliphatic imine (C=N–C) groups is 1. The van der Waals surface area contributed by atoms with Crippen LogP contribution in [0.4, 0.5) is 16.2 Å². The molecule has 1 heterocycles. The van der Waals surface area contributed by atoms with Gasteiger partial charge in [0, 0.05) is 11.2 Å². The van der Waals surface area contributed by atoms with Gasteiger partial charge in [0.05, 0.1) is 23.5 Å². The first kappa shape index (κ1) is 18.9. The summed E-state index contributed by atoms with van der Waals surface area (Å²) >= 11 is 11.9. The number of ether oxygens (including phenoxy) is 1. The monoisotopic (exact) mass is 405 g/mol. The predicted octanol–water partition coefficient (Wildman–Crippen LogP) is 3.60. The molecule has 0 spiro atoms. The van der Waals surface area contributed by atoms with Crippen molar-refractivity contribution in [1.29, 1.82) is 0 Å². The maximum Gasteiger partial charge on any atom is 0.335 e. The number of hydrogen-bond donors (Lipinski definition) is 1. The molecule has 27 heavy (non-hydrogen) atoms. The van der Waals surface area contributed by atoms with Crippen LogP contribution in [0.2, 0.25) is 10.0 Å². The predicted molar refractivity (Wildman–Crippen MR) is 102 cm³/mol. The molecule has 1 saturated heterocycles. The summed E-state index contributed by atoms with van der Waals surface area (Å²) in [6.45, 7) is 0. The summed E-state index contributed by atoms with van der Waals surface area (Å²) < 4.78 is 5.19. The molecule has 1 N–H and O–H groups in total. The Bertz CT molecular complexity index is 961. The standard InChI is InChI=1S/C18H13Cl2N3O4/c1-27-15-5-3-2-4-14(15)23-17(25)11(16(24)22-18(23)26)9-21-13-7-6-10(19)8-12(13)20/h2-9,11H,1H3,(H,22,24,26)/t11-/m0/s1. The Balaban J connectivity index is 1.94. The van der Waals surface area contributed by atoms with Crippen LogP contribution in [-0.4, -0.2) is 31.2 Å². The van der Waals surface area contributed by atoms with Gasteiger partial charge in [0.2, 0.25) is 5.91 Å². The topological polar surface area (TPSA) is 88.1 Å². The molecule has 0 unspecified atom stereocenters. The number of benzene rings is 2. The van der Waals surface area contributed by atoms with Crippen LogP contribution in [0, 0.1) is 5.92 Å². The van der Waals surface area contributed by atoms with Crippen LogP contribution in [0.5, 0.6) is 5.75 Å². The quantitative estimate of drug-likeness (QED) is 0.621. The van der Waals surface area contributed by atoms with Crippen molar-refractivity contribution in [2.24, 2.45) is 10.9 Å². The van der Waals surface area contributed by atoms with Crippen molar-refractivity contribution in [3.63, 3.8) is 0 Å². The van der Waals surface area contributed by atoms with Crippen LogP contribution in [0.1, 0.15) is 0 Å². The minimum atomic E-state index is -1.31. The van der Waals surface area contributed by atoms with Crippen molar-refractivity contribution >= 4 is 58.6 Å². The van der Waals surface area contributed by atoms with E-state index in [0.29, 0.717) is 16.5 Å². The normalized spacial score (nSPS) is 17.4. The molecule has 9 heteroatoms. The molecular weight excluding hydrogens is 393 g/mol. The molecule has 1 fully saturated rings. The third-order valence-electron chi connectivity index (χ3n) is 3.80. The molecular formula is C18H13Cl2N3O4.